The fourth-order valence-corrected chi connectivity index (χ4v) is 4.81. The number of hydrogen-bond donors (Lipinski definition) is 1. The first-order valence-electron chi connectivity index (χ1n) is 10.6. The van der Waals surface area contributed by atoms with Crippen molar-refractivity contribution in [1.82, 2.24) is 4.90 Å². The fraction of sp³-hybridized carbons (Fsp3) is 0.0741. The number of methoxy groups -OCH3 is 1. The molecule has 6 nitrogen and oxygen atoms in total. The van der Waals surface area contributed by atoms with Gasteiger partial charge in [-0.15, -0.1) is 0 Å². The van der Waals surface area contributed by atoms with Gasteiger partial charge in [-0.25, -0.2) is 0 Å². The first kappa shape index (κ1) is 21.7. The Morgan fingerprint density at radius 2 is 1.56 bits per heavy atom. The van der Waals surface area contributed by atoms with Gasteiger partial charge in [0.15, 0.2) is 0 Å². The second kappa shape index (κ2) is 9.03. The number of imide groups is 1. The minimum Gasteiger partial charge on any atom is -0.497 e. The van der Waals surface area contributed by atoms with E-state index in [-0.39, 0.29) is 6.54 Å². The summed E-state index contributed by atoms with van der Waals surface area (Å²) in [5, 5.41) is 6.31. The first-order valence-corrected chi connectivity index (χ1v) is 11.4. The Labute approximate surface area is 200 Å². The van der Waals surface area contributed by atoms with E-state index in [0.717, 1.165) is 43.8 Å². The number of thioether (sulfide) groups is 1. The average Bonchev–Trinajstić information content (AvgIpc) is 3.11. The van der Waals surface area contributed by atoms with E-state index in [2.05, 4.69) is 11.4 Å². The normalized spacial score (nSPS) is 14.9. The molecule has 7 heteroatoms. The van der Waals surface area contributed by atoms with E-state index in [4.69, 9.17) is 4.74 Å². The molecule has 1 aliphatic rings. The second-order valence-corrected chi connectivity index (χ2v) is 8.77. The van der Waals surface area contributed by atoms with Crippen molar-refractivity contribution >= 4 is 62.1 Å². The molecule has 1 heterocycles. The predicted octanol–water partition coefficient (Wildman–Crippen LogP) is 5.68. The summed E-state index contributed by atoms with van der Waals surface area (Å²) in [4.78, 5) is 39.5. The molecule has 0 bridgehead atoms. The SMILES string of the molecule is COc1ccc(NC(=O)CN2C(=O)S/C(=C\c3c4ccccc4cc4ccccc34)C2=O)cc1. The molecule has 0 aromatic heterocycles. The molecular formula is C27H20N2O4S. The van der Waals surface area contributed by atoms with Crippen molar-refractivity contribution in [3.63, 3.8) is 0 Å². The number of ether oxygens (including phenoxy) is 1. The highest BCUT2D eigenvalue weighted by molar-refractivity contribution is 8.18. The molecule has 34 heavy (non-hydrogen) atoms. The van der Waals surface area contributed by atoms with Crippen LogP contribution < -0.4 is 10.1 Å². The van der Waals surface area contributed by atoms with E-state index in [1.165, 1.54) is 0 Å². The molecule has 168 valence electrons. The number of anilines is 1. The highest BCUT2D eigenvalue weighted by Gasteiger charge is 2.36. The van der Waals surface area contributed by atoms with Crippen LogP contribution in [0.2, 0.25) is 0 Å². The Hall–Kier alpha value is -4.10. The van der Waals surface area contributed by atoms with Crippen LogP contribution in [0.5, 0.6) is 5.75 Å². The van der Waals surface area contributed by atoms with Gasteiger partial charge in [0.2, 0.25) is 5.91 Å². The van der Waals surface area contributed by atoms with Crippen molar-refractivity contribution in [1.29, 1.82) is 0 Å². The molecular weight excluding hydrogens is 448 g/mol. The third-order valence-corrected chi connectivity index (χ3v) is 6.54. The smallest absolute Gasteiger partial charge is 0.294 e. The number of nitrogens with zero attached hydrogens (tertiary/aromatic N) is 1. The van der Waals surface area contributed by atoms with Crippen LogP contribution in [0.1, 0.15) is 5.56 Å². The minimum atomic E-state index is -0.475. The number of fused-ring (bicyclic) bond motifs is 2. The van der Waals surface area contributed by atoms with E-state index >= 15 is 0 Å². The van der Waals surface area contributed by atoms with Crippen LogP contribution >= 0.6 is 11.8 Å². The van der Waals surface area contributed by atoms with Gasteiger partial charge in [-0.2, -0.15) is 0 Å². The molecule has 0 atom stereocenters. The van der Waals surface area contributed by atoms with Gasteiger partial charge in [0.05, 0.1) is 12.0 Å². The number of amides is 3. The van der Waals surface area contributed by atoms with Crippen LogP contribution in [-0.4, -0.2) is 35.6 Å². The van der Waals surface area contributed by atoms with Crippen LogP contribution in [0.4, 0.5) is 10.5 Å². The number of carbonyl (C=O) groups is 3. The van der Waals surface area contributed by atoms with Crippen LogP contribution in [-0.2, 0) is 9.59 Å². The molecule has 0 saturated carbocycles. The topological polar surface area (TPSA) is 75.7 Å². The van der Waals surface area contributed by atoms with E-state index in [1.54, 1.807) is 37.5 Å². The number of rotatable bonds is 5. The molecule has 1 saturated heterocycles. The van der Waals surface area contributed by atoms with Crippen LogP contribution in [0, 0.1) is 0 Å². The fourth-order valence-electron chi connectivity index (χ4n) is 3.99. The zero-order valence-corrected chi connectivity index (χ0v) is 19.1. The summed E-state index contributed by atoms with van der Waals surface area (Å²) in [6.45, 7) is -0.357. The zero-order valence-electron chi connectivity index (χ0n) is 18.3. The van der Waals surface area contributed by atoms with Gasteiger partial charge in [-0.05, 0) is 75.3 Å². The maximum Gasteiger partial charge on any atom is 0.294 e. The summed E-state index contributed by atoms with van der Waals surface area (Å²) < 4.78 is 5.10. The van der Waals surface area contributed by atoms with Crippen molar-refractivity contribution in [3.05, 3.63) is 89.3 Å². The van der Waals surface area contributed by atoms with Crippen molar-refractivity contribution < 1.29 is 19.1 Å². The Kier molecular flexibility index (Phi) is 5.77. The summed E-state index contributed by atoms with van der Waals surface area (Å²) >= 11 is 0.849. The standard InChI is InChI=1S/C27H20N2O4S/c1-33-20-12-10-19(11-13-20)28-25(30)16-29-26(31)24(34-27(29)32)15-23-21-8-4-2-6-17(21)14-18-7-3-5-9-22(18)23/h2-15H,16H2,1H3,(H,28,30)/b24-15-. The number of nitrogens with one attached hydrogen (secondary N) is 1. The summed E-state index contributed by atoms with van der Waals surface area (Å²) in [6, 6.07) is 24.8. The van der Waals surface area contributed by atoms with Crippen molar-refractivity contribution in [2.45, 2.75) is 0 Å². The predicted molar refractivity (Wildman–Crippen MR) is 136 cm³/mol. The maximum absolute atomic E-state index is 13.1. The summed E-state index contributed by atoms with van der Waals surface area (Å²) in [5.74, 6) is -0.267. The zero-order chi connectivity index (χ0) is 23.7. The van der Waals surface area contributed by atoms with E-state index in [9.17, 15) is 14.4 Å². The lowest BCUT2D eigenvalue weighted by Gasteiger charge is -2.13. The van der Waals surface area contributed by atoms with E-state index in [1.807, 2.05) is 48.5 Å². The molecule has 0 unspecified atom stereocenters. The molecule has 1 fully saturated rings. The Bertz CT molecular complexity index is 1420. The third-order valence-electron chi connectivity index (χ3n) is 5.64. The highest BCUT2D eigenvalue weighted by atomic mass is 32.2. The summed E-state index contributed by atoms with van der Waals surface area (Å²) in [7, 11) is 1.56. The van der Waals surface area contributed by atoms with Crippen LogP contribution in [0.25, 0.3) is 27.6 Å². The molecule has 4 aromatic rings. The Morgan fingerprint density at radius 3 is 2.18 bits per heavy atom. The number of carbonyl (C=O) groups excluding carboxylic acids is 3. The highest BCUT2D eigenvalue weighted by Crippen LogP contribution is 2.36. The molecule has 3 amide bonds. The van der Waals surface area contributed by atoms with Gasteiger partial charge in [0, 0.05) is 5.69 Å². The van der Waals surface area contributed by atoms with E-state index < -0.39 is 17.1 Å². The quantitative estimate of drug-likeness (QED) is 0.301. The average molecular weight is 469 g/mol. The van der Waals surface area contributed by atoms with Gasteiger partial charge in [0.25, 0.3) is 11.1 Å². The molecule has 0 radical (unpaired) electrons. The van der Waals surface area contributed by atoms with E-state index in [0.29, 0.717) is 16.3 Å². The van der Waals surface area contributed by atoms with Gasteiger partial charge in [0.1, 0.15) is 12.3 Å². The second-order valence-electron chi connectivity index (χ2n) is 7.78. The Morgan fingerprint density at radius 1 is 0.941 bits per heavy atom. The molecule has 1 aliphatic heterocycles. The number of benzene rings is 4. The molecule has 1 N–H and O–H groups in total. The van der Waals surface area contributed by atoms with Crippen molar-refractivity contribution in [2.24, 2.45) is 0 Å². The first-order chi connectivity index (χ1) is 16.5. The summed E-state index contributed by atoms with van der Waals surface area (Å²) in [5.41, 5.74) is 1.43. The minimum absolute atomic E-state index is 0.295. The van der Waals surface area contributed by atoms with Gasteiger partial charge < -0.3 is 10.1 Å². The largest absolute Gasteiger partial charge is 0.497 e. The lowest BCUT2D eigenvalue weighted by atomic mass is 9.96. The van der Waals surface area contributed by atoms with Gasteiger partial charge in [-0.3, -0.25) is 19.3 Å². The summed E-state index contributed by atoms with van der Waals surface area (Å²) in [6.07, 6.45) is 1.76. The van der Waals surface area contributed by atoms with Crippen molar-refractivity contribution in [2.75, 3.05) is 19.0 Å². The van der Waals surface area contributed by atoms with Gasteiger partial charge in [-0.1, -0.05) is 48.5 Å². The Balaban J connectivity index is 1.42. The van der Waals surface area contributed by atoms with Crippen LogP contribution in [0.3, 0.4) is 0 Å². The number of hydrogen-bond acceptors (Lipinski definition) is 5. The molecule has 5 rings (SSSR count). The molecule has 0 aliphatic carbocycles. The van der Waals surface area contributed by atoms with Crippen LogP contribution in [0.15, 0.2) is 83.8 Å². The monoisotopic (exact) mass is 468 g/mol. The lowest BCUT2D eigenvalue weighted by molar-refractivity contribution is -0.127. The lowest BCUT2D eigenvalue weighted by Crippen LogP contribution is -2.36. The van der Waals surface area contributed by atoms with Gasteiger partial charge >= 0.3 is 0 Å². The molecule has 0 spiro atoms. The van der Waals surface area contributed by atoms with Crippen molar-refractivity contribution in [3.8, 4) is 5.75 Å². The maximum atomic E-state index is 13.1. The molecule has 4 aromatic carbocycles. The third kappa shape index (κ3) is 4.13.